The van der Waals surface area contributed by atoms with Gasteiger partial charge in [0, 0.05) is 6.54 Å². The zero-order chi connectivity index (χ0) is 13.5. The minimum atomic E-state index is -0.686. The molecule has 1 N–H and O–H groups in total. The Labute approximate surface area is 114 Å². The molecule has 0 aromatic heterocycles. The molecule has 1 saturated carbocycles. The van der Waals surface area contributed by atoms with Gasteiger partial charge in [0.2, 0.25) is 0 Å². The smallest absolute Gasteiger partial charge is 0.323 e. The summed E-state index contributed by atoms with van der Waals surface area (Å²) < 4.78 is 0. The normalized spacial score (nSPS) is 27.6. The van der Waals surface area contributed by atoms with Crippen molar-refractivity contribution in [3.8, 4) is 0 Å². The van der Waals surface area contributed by atoms with Gasteiger partial charge in [0.25, 0.3) is 0 Å². The van der Waals surface area contributed by atoms with Crippen LogP contribution in [0.2, 0.25) is 0 Å². The van der Waals surface area contributed by atoms with E-state index in [-0.39, 0.29) is 0 Å². The van der Waals surface area contributed by atoms with Gasteiger partial charge in [-0.1, -0.05) is 24.3 Å². The summed E-state index contributed by atoms with van der Waals surface area (Å²) in [6.07, 6.45) is 4.31. The third kappa shape index (κ3) is 2.27. The zero-order valence-electron chi connectivity index (χ0n) is 11.4. The summed E-state index contributed by atoms with van der Waals surface area (Å²) in [7, 11) is 0. The molecule has 1 atom stereocenters. The molecule has 0 spiro atoms. The largest absolute Gasteiger partial charge is 0.480 e. The molecule has 3 rings (SSSR count). The lowest BCUT2D eigenvalue weighted by molar-refractivity contribution is -0.148. The van der Waals surface area contributed by atoms with Crippen LogP contribution in [0.25, 0.3) is 0 Å². The van der Waals surface area contributed by atoms with Crippen LogP contribution in [-0.4, -0.2) is 28.1 Å². The lowest BCUT2D eigenvalue weighted by Gasteiger charge is -2.31. The van der Waals surface area contributed by atoms with Gasteiger partial charge in [-0.3, -0.25) is 9.69 Å². The fourth-order valence-corrected chi connectivity index (χ4v) is 3.19. The van der Waals surface area contributed by atoms with Gasteiger partial charge in [-0.15, -0.1) is 0 Å². The molecule has 1 saturated heterocycles. The van der Waals surface area contributed by atoms with Crippen LogP contribution < -0.4 is 0 Å². The summed E-state index contributed by atoms with van der Waals surface area (Å²) in [5.74, 6) is 0.0313. The van der Waals surface area contributed by atoms with E-state index in [1.54, 1.807) is 0 Å². The SMILES string of the molecule is CC1(C(=O)O)CCCN1Cc1ccccc1C1CC1. The molecule has 19 heavy (non-hydrogen) atoms. The molecule has 0 radical (unpaired) electrons. The molecule has 0 bridgehead atoms. The fourth-order valence-electron chi connectivity index (χ4n) is 3.19. The maximum atomic E-state index is 11.5. The number of rotatable bonds is 4. The average molecular weight is 259 g/mol. The first-order chi connectivity index (χ1) is 9.11. The van der Waals surface area contributed by atoms with Crippen molar-refractivity contribution in [1.29, 1.82) is 0 Å². The van der Waals surface area contributed by atoms with E-state index in [1.807, 2.05) is 6.92 Å². The molecule has 3 nitrogen and oxygen atoms in total. The van der Waals surface area contributed by atoms with Crippen molar-refractivity contribution in [2.45, 2.75) is 50.6 Å². The fraction of sp³-hybridized carbons (Fsp3) is 0.562. The number of likely N-dealkylation sites (tertiary alicyclic amines) is 1. The lowest BCUT2D eigenvalue weighted by atomic mass is 9.97. The molecule has 2 fully saturated rings. The van der Waals surface area contributed by atoms with Crippen molar-refractivity contribution in [3.05, 3.63) is 35.4 Å². The predicted molar refractivity (Wildman–Crippen MR) is 74.1 cm³/mol. The molecule has 1 heterocycles. The summed E-state index contributed by atoms with van der Waals surface area (Å²) in [4.78, 5) is 13.6. The van der Waals surface area contributed by atoms with E-state index < -0.39 is 11.5 Å². The van der Waals surface area contributed by atoms with Crippen molar-refractivity contribution < 1.29 is 9.90 Å². The number of hydrogen-bond acceptors (Lipinski definition) is 2. The van der Waals surface area contributed by atoms with E-state index in [0.29, 0.717) is 0 Å². The summed E-state index contributed by atoms with van der Waals surface area (Å²) >= 11 is 0. The standard InChI is InChI=1S/C16H21NO2/c1-16(15(18)19)9-4-10-17(16)11-13-5-2-3-6-14(13)12-7-8-12/h2-3,5-6,12H,4,7-11H2,1H3,(H,18,19). The van der Waals surface area contributed by atoms with Gasteiger partial charge in [0.05, 0.1) is 0 Å². The zero-order valence-corrected chi connectivity index (χ0v) is 11.4. The van der Waals surface area contributed by atoms with Crippen LogP contribution in [0.5, 0.6) is 0 Å². The van der Waals surface area contributed by atoms with Crippen LogP contribution >= 0.6 is 0 Å². The number of hydrogen-bond donors (Lipinski definition) is 1. The van der Waals surface area contributed by atoms with Gasteiger partial charge in [0.15, 0.2) is 0 Å². The Kier molecular flexibility index (Phi) is 3.09. The van der Waals surface area contributed by atoms with Crippen molar-refractivity contribution in [3.63, 3.8) is 0 Å². The van der Waals surface area contributed by atoms with E-state index in [4.69, 9.17) is 0 Å². The predicted octanol–water partition coefficient (Wildman–Crippen LogP) is 3.00. The number of carboxylic acid groups (broad SMARTS) is 1. The molecule has 1 aromatic rings. The molecule has 1 aliphatic carbocycles. The first kappa shape index (κ1) is 12.7. The molecule has 0 amide bonds. The Morgan fingerprint density at radius 1 is 1.42 bits per heavy atom. The van der Waals surface area contributed by atoms with E-state index in [9.17, 15) is 9.90 Å². The van der Waals surface area contributed by atoms with Crippen molar-refractivity contribution >= 4 is 5.97 Å². The Bertz CT molecular complexity index is 495. The highest BCUT2D eigenvalue weighted by Crippen LogP contribution is 2.42. The summed E-state index contributed by atoms with van der Waals surface area (Å²) in [5.41, 5.74) is 2.07. The molecule has 102 valence electrons. The van der Waals surface area contributed by atoms with Crippen molar-refractivity contribution in [1.82, 2.24) is 4.90 Å². The summed E-state index contributed by atoms with van der Waals surface area (Å²) in [6, 6.07) is 8.53. The van der Waals surface area contributed by atoms with Crippen LogP contribution in [0.15, 0.2) is 24.3 Å². The minimum absolute atomic E-state index is 0.684. The highest BCUT2D eigenvalue weighted by molar-refractivity contribution is 5.78. The Balaban J connectivity index is 1.83. The number of nitrogens with zero attached hydrogens (tertiary/aromatic N) is 1. The Morgan fingerprint density at radius 2 is 2.16 bits per heavy atom. The van der Waals surface area contributed by atoms with Gasteiger partial charge < -0.3 is 5.11 Å². The quantitative estimate of drug-likeness (QED) is 0.903. The topological polar surface area (TPSA) is 40.5 Å². The van der Waals surface area contributed by atoms with Crippen LogP contribution in [0, 0.1) is 0 Å². The van der Waals surface area contributed by atoms with Gasteiger partial charge >= 0.3 is 5.97 Å². The van der Waals surface area contributed by atoms with E-state index in [1.165, 1.54) is 24.0 Å². The third-order valence-electron chi connectivity index (χ3n) is 4.68. The highest BCUT2D eigenvalue weighted by Gasteiger charge is 2.43. The van der Waals surface area contributed by atoms with E-state index in [2.05, 4.69) is 29.2 Å². The Morgan fingerprint density at radius 3 is 2.84 bits per heavy atom. The van der Waals surface area contributed by atoms with Crippen molar-refractivity contribution in [2.24, 2.45) is 0 Å². The molecular weight excluding hydrogens is 238 g/mol. The van der Waals surface area contributed by atoms with Gasteiger partial charge in [-0.25, -0.2) is 0 Å². The second-order valence-corrected chi connectivity index (χ2v) is 6.08. The van der Waals surface area contributed by atoms with Crippen LogP contribution in [0.3, 0.4) is 0 Å². The molecule has 1 aromatic carbocycles. The van der Waals surface area contributed by atoms with Gasteiger partial charge in [-0.05, 0) is 56.2 Å². The monoisotopic (exact) mass is 259 g/mol. The van der Waals surface area contributed by atoms with Crippen LogP contribution in [-0.2, 0) is 11.3 Å². The number of carbonyl (C=O) groups is 1. The number of benzene rings is 1. The second-order valence-electron chi connectivity index (χ2n) is 6.08. The lowest BCUT2D eigenvalue weighted by Crippen LogP contribution is -2.47. The van der Waals surface area contributed by atoms with Crippen LogP contribution in [0.1, 0.15) is 49.7 Å². The summed E-state index contributed by atoms with van der Waals surface area (Å²) in [6.45, 7) is 3.53. The Hall–Kier alpha value is -1.35. The highest BCUT2D eigenvalue weighted by atomic mass is 16.4. The third-order valence-corrected chi connectivity index (χ3v) is 4.68. The summed E-state index contributed by atoms with van der Waals surface area (Å²) in [5, 5.41) is 9.47. The molecule has 1 unspecified atom stereocenters. The van der Waals surface area contributed by atoms with Crippen LogP contribution in [0.4, 0.5) is 0 Å². The van der Waals surface area contributed by atoms with Gasteiger partial charge in [0.1, 0.15) is 5.54 Å². The second kappa shape index (κ2) is 4.64. The molecule has 3 heteroatoms. The number of aliphatic carboxylic acids is 1. The van der Waals surface area contributed by atoms with E-state index in [0.717, 1.165) is 31.8 Å². The minimum Gasteiger partial charge on any atom is -0.480 e. The molecular formula is C16H21NO2. The first-order valence-corrected chi connectivity index (χ1v) is 7.17. The average Bonchev–Trinajstić information content (AvgIpc) is 3.16. The van der Waals surface area contributed by atoms with E-state index >= 15 is 0 Å². The number of carboxylic acids is 1. The maximum absolute atomic E-state index is 11.5. The first-order valence-electron chi connectivity index (χ1n) is 7.17. The maximum Gasteiger partial charge on any atom is 0.323 e. The van der Waals surface area contributed by atoms with Gasteiger partial charge in [-0.2, -0.15) is 0 Å². The molecule has 2 aliphatic rings. The molecule has 1 aliphatic heterocycles. The van der Waals surface area contributed by atoms with Crippen molar-refractivity contribution in [2.75, 3.05) is 6.54 Å².